The second-order valence-corrected chi connectivity index (χ2v) is 7.27. The van der Waals surface area contributed by atoms with Crippen LogP contribution in [0, 0.1) is 5.92 Å². The van der Waals surface area contributed by atoms with Crippen molar-refractivity contribution in [1.82, 2.24) is 25.0 Å². The van der Waals surface area contributed by atoms with E-state index in [0.717, 1.165) is 22.3 Å². The number of aromatic amines is 1. The van der Waals surface area contributed by atoms with Gasteiger partial charge in [-0.15, -0.1) is 10.2 Å². The van der Waals surface area contributed by atoms with Gasteiger partial charge in [-0.25, -0.2) is 4.42 Å². The number of carbonyl (C=O) groups is 1. The third kappa shape index (κ3) is 4.40. The van der Waals surface area contributed by atoms with E-state index in [-0.39, 0.29) is 17.7 Å². The minimum atomic E-state index is -0.301. The van der Waals surface area contributed by atoms with Gasteiger partial charge in [0.2, 0.25) is 5.82 Å². The van der Waals surface area contributed by atoms with Crippen LogP contribution < -0.4 is 0 Å². The molecule has 1 atom stereocenters. The average Bonchev–Trinajstić information content (AvgIpc) is 3.16. The molecule has 27 heavy (non-hydrogen) atoms. The Labute approximate surface area is 163 Å². The molecule has 0 bridgehead atoms. The second kappa shape index (κ2) is 8.41. The highest BCUT2D eigenvalue weighted by atomic mass is 35.5. The summed E-state index contributed by atoms with van der Waals surface area (Å²) in [6, 6.07) is 15.7. The van der Waals surface area contributed by atoms with Crippen LogP contribution in [0.2, 0.25) is 0 Å². The molecule has 3 aromatic rings. The van der Waals surface area contributed by atoms with Crippen LogP contribution in [-0.4, -0.2) is 36.9 Å². The number of benzene rings is 2. The number of halogens is 1. The molecule has 0 aliphatic heterocycles. The Balaban J connectivity index is 1.82. The zero-order valence-corrected chi connectivity index (χ0v) is 16.3. The van der Waals surface area contributed by atoms with Gasteiger partial charge in [0, 0.05) is 12.1 Å². The van der Waals surface area contributed by atoms with Crippen molar-refractivity contribution in [3.8, 4) is 22.5 Å². The summed E-state index contributed by atoms with van der Waals surface area (Å²) >= 11 is 6.41. The third-order valence-electron chi connectivity index (χ3n) is 4.46. The standard InChI is InChI=1S/C20H22ClN5O/c1-13(2)19(14(3)27)26(21)12-15-8-10-16(11-9-15)17-6-4-5-7-18(17)20-22-24-25-23-20/h4-11,13,19H,12H2,1-3H3,(H,22,23,24,25)/t19-/m0/s1. The predicted molar refractivity (Wildman–Crippen MR) is 106 cm³/mol. The molecular formula is C20H22ClN5O. The van der Waals surface area contributed by atoms with Crippen LogP contribution >= 0.6 is 11.8 Å². The molecule has 3 rings (SSSR count). The quantitative estimate of drug-likeness (QED) is 0.621. The Hall–Kier alpha value is -2.57. The second-order valence-electron chi connectivity index (χ2n) is 6.84. The molecule has 0 spiro atoms. The van der Waals surface area contributed by atoms with Crippen molar-refractivity contribution in [1.29, 1.82) is 0 Å². The van der Waals surface area contributed by atoms with Gasteiger partial charge in [-0.3, -0.25) is 4.79 Å². The number of nitrogens with one attached hydrogen (secondary N) is 1. The maximum absolute atomic E-state index is 11.9. The normalized spacial score (nSPS) is 12.5. The minimum absolute atomic E-state index is 0.0747. The smallest absolute Gasteiger partial charge is 0.205 e. The summed E-state index contributed by atoms with van der Waals surface area (Å²) < 4.78 is 1.59. The number of hydrogen-bond donors (Lipinski definition) is 1. The average molecular weight is 384 g/mol. The van der Waals surface area contributed by atoms with Gasteiger partial charge in [0.15, 0.2) is 0 Å². The van der Waals surface area contributed by atoms with Crippen LogP contribution in [0.1, 0.15) is 26.3 Å². The van der Waals surface area contributed by atoms with Crippen LogP contribution in [-0.2, 0) is 11.3 Å². The first-order chi connectivity index (χ1) is 13.0. The highest BCUT2D eigenvalue weighted by Crippen LogP contribution is 2.30. The number of Topliss-reactive ketones (excluding diaryl/α,β-unsaturated/α-hetero) is 1. The van der Waals surface area contributed by atoms with E-state index >= 15 is 0 Å². The molecule has 2 aromatic carbocycles. The summed E-state index contributed by atoms with van der Waals surface area (Å²) in [7, 11) is 0. The van der Waals surface area contributed by atoms with Gasteiger partial charge >= 0.3 is 0 Å². The molecule has 6 nitrogen and oxygen atoms in total. The van der Waals surface area contributed by atoms with Crippen LogP contribution in [0.4, 0.5) is 0 Å². The molecule has 0 fully saturated rings. The molecule has 140 valence electrons. The lowest BCUT2D eigenvalue weighted by Crippen LogP contribution is -2.37. The van der Waals surface area contributed by atoms with Crippen LogP contribution in [0.3, 0.4) is 0 Å². The Kier molecular flexibility index (Phi) is 5.98. The molecule has 0 aliphatic carbocycles. The van der Waals surface area contributed by atoms with Gasteiger partial charge in [0.05, 0.1) is 6.04 Å². The highest BCUT2D eigenvalue weighted by molar-refractivity contribution is 6.15. The number of ketones is 1. The largest absolute Gasteiger partial charge is 0.298 e. The van der Waals surface area contributed by atoms with E-state index < -0.39 is 0 Å². The van der Waals surface area contributed by atoms with E-state index in [1.165, 1.54) is 0 Å². The zero-order chi connectivity index (χ0) is 19.4. The van der Waals surface area contributed by atoms with Gasteiger partial charge < -0.3 is 0 Å². The Morgan fingerprint density at radius 2 is 1.78 bits per heavy atom. The number of carbonyl (C=O) groups excluding carboxylic acids is 1. The van der Waals surface area contributed by atoms with Crippen molar-refractivity contribution in [2.24, 2.45) is 5.92 Å². The van der Waals surface area contributed by atoms with E-state index in [2.05, 4.69) is 20.6 Å². The maximum atomic E-state index is 11.9. The summed E-state index contributed by atoms with van der Waals surface area (Å²) in [6.45, 7) is 6.08. The molecule has 1 heterocycles. The van der Waals surface area contributed by atoms with Crippen molar-refractivity contribution >= 4 is 17.6 Å². The summed E-state index contributed by atoms with van der Waals surface area (Å²) in [5, 5.41) is 14.3. The van der Waals surface area contributed by atoms with Gasteiger partial charge in [-0.2, -0.15) is 5.21 Å². The first kappa shape index (κ1) is 19.2. The molecule has 0 aliphatic rings. The third-order valence-corrected chi connectivity index (χ3v) is 4.79. The Morgan fingerprint density at radius 1 is 1.11 bits per heavy atom. The molecule has 1 N–H and O–H groups in total. The molecule has 7 heteroatoms. The van der Waals surface area contributed by atoms with Crippen molar-refractivity contribution in [3.63, 3.8) is 0 Å². The van der Waals surface area contributed by atoms with Crippen LogP contribution in [0.25, 0.3) is 22.5 Å². The Bertz CT molecular complexity index is 893. The maximum Gasteiger partial charge on any atom is 0.205 e. The minimum Gasteiger partial charge on any atom is -0.298 e. The van der Waals surface area contributed by atoms with Crippen LogP contribution in [0.15, 0.2) is 48.5 Å². The molecule has 0 saturated heterocycles. The number of tetrazole rings is 1. The molecule has 0 saturated carbocycles. The van der Waals surface area contributed by atoms with Crippen molar-refractivity contribution in [2.75, 3.05) is 0 Å². The summed E-state index contributed by atoms with van der Waals surface area (Å²) in [4.78, 5) is 11.9. The van der Waals surface area contributed by atoms with Gasteiger partial charge in [0.25, 0.3) is 0 Å². The lowest BCUT2D eigenvalue weighted by Gasteiger charge is -2.26. The Morgan fingerprint density at radius 3 is 2.33 bits per heavy atom. The SMILES string of the molecule is CC(=O)[C@H](C(C)C)N(Cl)Cc1ccc(-c2ccccc2-c2nn[nH]n2)cc1. The zero-order valence-electron chi connectivity index (χ0n) is 15.6. The molecule has 0 amide bonds. The number of rotatable bonds is 7. The van der Waals surface area contributed by atoms with E-state index in [4.69, 9.17) is 11.8 Å². The summed E-state index contributed by atoms with van der Waals surface area (Å²) in [5.74, 6) is 0.787. The topological polar surface area (TPSA) is 74.8 Å². The van der Waals surface area contributed by atoms with Gasteiger partial charge in [-0.05, 0) is 46.5 Å². The van der Waals surface area contributed by atoms with Crippen molar-refractivity contribution in [3.05, 3.63) is 54.1 Å². The monoisotopic (exact) mass is 383 g/mol. The number of nitrogens with zero attached hydrogens (tertiary/aromatic N) is 4. The fourth-order valence-electron chi connectivity index (χ4n) is 3.26. The number of aromatic nitrogens is 4. The van der Waals surface area contributed by atoms with E-state index in [9.17, 15) is 4.79 Å². The first-order valence-electron chi connectivity index (χ1n) is 8.82. The first-order valence-corrected chi connectivity index (χ1v) is 9.16. The van der Waals surface area contributed by atoms with Gasteiger partial charge in [-0.1, -0.05) is 62.4 Å². The van der Waals surface area contributed by atoms with Crippen molar-refractivity contribution < 1.29 is 4.79 Å². The predicted octanol–water partition coefficient (Wildman–Crippen LogP) is 4.10. The molecule has 1 aromatic heterocycles. The van der Waals surface area contributed by atoms with Crippen LogP contribution in [0.5, 0.6) is 0 Å². The van der Waals surface area contributed by atoms with E-state index in [1.807, 2.05) is 62.4 Å². The molecule has 0 unspecified atom stereocenters. The number of H-pyrrole nitrogens is 1. The fraction of sp³-hybridized carbons (Fsp3) is 0.300. The molecule has 0 radical (unpaired) electrons. The molecular weight excluding hydrogens is 362 g/mol. The number of hydrogen-bond acceptors (Lipinski definition) is 5. The lowest BCUT2D eigenvalue weighted by molar-refractivity contribution is -0.121. The lowest BCUT2D eigenvalue weighted by atomic mass is 9.97. The van der Waals surface area contributed by atoms with Crippen molar-refractivity contribution in [2.45, 2.75) is 33.4 Å². The van der Waals surface area contributed by atoms with E-state index in [1.54, 1.807) is 11.3 Å². The summed E-state index contributed by atoms with van der Waals surface area (Å²) in [5.41, 5.74) is 4.02. The summed E-state index contributed by atoms with van der Waals surface area (Å²) in [6.07, 6.45) is 0. The van der Waals surface area contributed by atoms with E-state index in [0.29, 0.717) is 12.4 Å². The highest BCUT2D eigenvalue weighted by Gasteiger charge is 2.25. The van der Waals surface area contributed by atoms with Gasteiger partial charge in [0.1, 0.15) is 5.78 Å². The fourth-order valence-corrected chi connectivity index (χ4v) is 3.76.